The number of nitro benzene ring substituents is 1. The molecule has 2 atom stereocenters. The van der Waals surface area contributed by atoms with E-state index in [0.717, 1.165) is 5.56 Å². The van der Waals surface area contributed by atoms with Crippen LogP contribution in [0.15, 0.2) is 24.3 Å². The number of hydrogen-bond donors (Lipinski definition) is 1. The van der Waals surface area contributed by atoms with Crippen LogP contribution in [0.4, 0.5) is 5.69 Å². The molecular formula is C14H18N2O2. The van der Waals surface area contributed by atoms with E-state index in [-0.39, 0.29) is 17.8 Å². The second-order valence-electron chi connectivity index (χ2n) is 4.63. The van der Waals surface area contributed by atoms with Gasteiger partial charge in [0.05, 0.1) is 11.0 Å². The highest BCUT2D eigenvalue weighted by Gasteiger charge is 2.15. The third-order valence-corrected chi connectivity index (χ3v) is 2.88. The number of hydrogen-bond acceptors (Lipinski definition) is 3. The maximum Gasteiger partial charge on any atom is 0.269 e. The van der Waals surface area contributed by atoms with Gasteiger partial charge in [0.25, 0.3) is 5.69 Å². The van der Waals surface area contributed by atoms with Crippen LogP contribution in [-0.2, 0) is 0 Å². The van der Waals surface area contributed by atoms with Gasteiger partial charge in [-0.1, -0.05) is 31.9 Å². The van der Waals surface area contributed by atoms with Gasteiger partial charge in [-0.05, 0) is 18.4 Å². The zero-order chi connectivity index (χ0) is 13.7. The van der Waals surface area contributed by atoms with Crippen LogP contribution in [0.3, 0.4) is 0 Å². The maximum absolute atomic E-state index is 10.6. The molecule has 0 radical (unpaired) electrons. The summed E-state index contributed by atoms with van der Waals surface area (Å²) in [7, 11) is 0. The van der Waals surface area contributed by atoms with Crippen molar-refractivity contribution in [2.24, 2.45) is 5.92 Å². The Morgan fingerprint density at radius 1 is 1.28 bits per heavy atom. The van der Waals surface area contributed by atoms with Crippen LogP contribution < -0.4 is 5.32 Å². The molecule has 1 rings (SSSR count). The Kier molecular flexibility index (Phi) is 4.87. The first-order valence-corrected chi connectivity index (χ1v) is 5.92. The maximum atomic E-state index is 10.6. The SMILES string of the molecule is C#CC(NC(C)c1ccc([N+](=O)[O-])cc1)C(C)C. The number of terminal acetylenes is 1. The Hall–Kier alpha value is -1.86. The monoisotopic (exact) mass is 246 g/mol. The lowest BCUT2D eigenvalue weighted by Crippen LogP contribution is -2.34. The highest BCUT2D eigenvalue weighted by atomic mass is 16.6. The van der Waals surface area contributed by atoms with Crippen molar-refractivity contribution in [3.8, 4) is 12.3 Å². The third-order valence-electron chi connectivity index (χ3n) is 2.88. The van der Waals surface area contributed by atoms with Crippen molar-refractivity contribution in [3.05, 3.63) is 39.9 Å². The van der Waals surface area contributed by atoms with Gasteiger partial charge >= 0.3 is 0 Å². The fourth-order valence-electron chi connectivity index (χ4n) is 1.68. The largest absolute Gasteiger partial charge is 0.297 e. The summed E-state index contributed by atoms with van der Waals surface area (Å²) in [5.41, 5.74) is 1.09. The quantitative estimate of drug-likeness (QED) is 0.493. The Morgan fingerprint density at radius 3 is 2.22 bits per heavy atom. The smallest absolute Gasteiger partial charge is 0.269 e. The number of benzene rings is 1. The van der Waals surface area contributed by atoms with Gasteiger partial charge < -0.3 is 0 Å². The molecule has 0 saturated heterocycles. The average molecular weight is 246 g/mol. The fraction of sp³-hybridized carbons (Fsp3) is 0.429. The second kappa shape index (κ2) is 6.18. The van der Waals surface area contributed by atoms with Gasteiger partial charge in [-0.15, -0.1) is 6.42 Å². The summed E-state index contributed by atoms with van der Waals surface area (Å²) in [6.07, 6.45) is 5.46. The third kappa shape index (κ3) is 3.57. The van der Waals surface area contributed by atoms with Crippen molar-refractivity contribution >= 4 is 5.69 Å². The molecule has 4 heteroatoms. The van der Waals surface area contributed by atoms with Gasteiger partial charge in [0, 0.05) is 18.2 Å². The predicted molar refractivity (Wildman–Crippen MR) is 72.1 cm³/mol. The minimum absolute atomic E-state index is 0.00445. The molecular weight excluding hydrogens is 228 g/mol. The normalized spacial score (nSPS) is 13.9. The molecule has 0 amide bonds. The first-order chi connectivity index (χ1) is 8.45. The van der Waals surface area contributed by atoms with E-state index in [1.54, 1.807) is 12.1 Å². The summed E-state index contributed by atoms with van der Waals surface area (Å²) in [4.78, 5) is 10.2. The molecule has 18 heavy (non-hydrogen) atoms. The van der Waals surface area contributed by atoms with Crippen molar-refractivity contribution in [1.29, 1.82) is 0 Å². The molecule has 1 N–H and O–H groups in total. The molecule has 0 aliphatic heterocycles. The molecule has 0 saturated carbocycles. The van der Waals surface area contributed by atoms with Crippen molar-refractivity contribution < 1.29 is 4.92 Å². The van der Waals surface area contributed by atoms with Crippen molar-refractivity contribution in [3.63, 3.8) is 0 Å². The van der Waals surface area contributed by atoms with Gasteiger partial charge in [-0.2, -0.15) is 0 Å². The molecule has 1 aromatic rings. The van der Waals surface area contributed by atoms with Gasteiger partial charge in [0.2, 0.25) is 0 Å². The molecule has 4 nitrogen and oxygen atoms in total. The molecule has 0 aromatic heterocycles. The van der Waals surface area contributed by atoms with Gasteiger partial charge in [-0.3, -0.25) is 15.4 Å². The van der Waals surface area contributed by atoms with Gasteiger partial charge in [0.1, 0.15) is 0 Å². The van der Waals surface area contributed by atoms with E-state index < -0.39 is 4.92 Å². The van der Waals surface area contributed by atoms with Crippen LogP contribution in [-0.4, -0.2) is 11.0 Å². The van der Waals surface area contributed by atoms with Crippen LogP contribution in [0.5, 0.6) is 0 Å². The molecule has 0 fully saturated rings. The summed E-state index contributed by atoms with van der Waals surface area (Å²) in [6, 6.07) is 6.58. The number of nitrogens with zero attached hydrogens (tertiary/aromatic N) is 1. The van der Waals surface area contributed by atoms with E-state index in [1.165, 1.54) is 12.1 Å². The van der Waals surface area contributed by atoms with E-state index in [4.69, 9.17) is 6.42 Å². The molecule has 0 spiro atoms. The Morgan fingerprint density at radius 2 is 1.83 bits per heavy atom. The summed E-state index contributed by atoms with van der Waals surface area (Å²) in [6.45, 7) is 6.11. The Labute approximate surface area is 108 Å². The van der Waals surface area contributed by atoms with Crippen molar-refractivity contribution in [2.45, 2.75) is 32.9 Å². The topological polar surface area (TPSA) is 55.2 Å². The molecule has 0 bridgehead atoms. The summed E-state index contributed by atoms with van der Waals surface area (Å²) in [5, 5.41) is 13.9. The molecule has 96 valence electrons. The highest BCUT2D eigenvalue weighted by molar-refractivity contribution is 5.34. The summed E-state index contributed by atoms with van der Waals surface area (Å²) < 4.78 is 0. The highest BCUT2D eigenvalue weighted by Crippen LogP contribution is 2.18. The minimum Gasteiger partial charge on any atom is -0.297 e. The van der Waals surface area contributed by atoms with E-state index in [1.807, 2.05) is 6.92 Å². The first kappa shape index (κ1) is 14.2. The minimum atomic E-state index is -0.403. The van der Waals surface area contributed by atoms with Gasteiger partial charge in [0.15, 0.2) is 0 Å². The van der Waals surface area contributed by atoms with Crippen molar-refractivity contribution in [1.82, 2.24) is 5.32 Å². The number of non-ortho nitro benzene ring substituents is 1. The van der Waals surface area contributed by atoms with E-state index in [0.29, 0.717) is 5.92 Å². The fourth-order valence-corrected chi connectivity index (χ4v) is 1.68. The van der Waals surface area contributed by atoms with Crippen molar-refractivity contribution in [2.75, 3.05) is 0 Å². The van der Waals surface area contributed by atoms with Crippen LogP contribution in [0.1, 0.15) is 32.4 Å². The van der Waals surface area contributed by atoms with Crippen LogP contribution in [0.2, 0.25) is 0 Å². The molecule has 1 aromatic carbocycles. The number of nitrogens with one attached hydrogen (secondary N) is 1. The first-order valence-electron chi connectivity index (χ1n) is 5.92. The van der Waals surface area contributed by atoms with Crippen LogP contribution in [0, 0.1) is 28.4 Å². The second-order valence-corrected chi connectivity index (χ2v) is 4.63. The van der Waals surface area contributed by atoms with E-state index in [2.05, 4.69) is 25.1 Å². The van der Waals surface area contributed by atoms with E-state index >= 15 is 0 Å². The molecule has 2 unspecified atom stereocenters. The number of nitro groups is 1. The lowest BCUT2D eigenvalue weighted by molar-refractivity contribution is -0.384. The summed E-state index contributed by atoms with van der Waals surface area (Å²) in [5.74, 6) is 3.06. The van der Waals surface area contributed by atoms with E-state index in [9.17, 15) is 10.1 Å². The molecule has 0 aliphatic rings. The van der Waals surface area contributed by atoms with Crippen LogP contribution >= 0.6 is 0 Å². The predicted octanol–water partition coefficient (Wildman–Crippen LogP) is 2.90. The molecule has 0 heterocycles. The standard InChI is InChI=1S/C14H18N2O2/c1-5-14(10(2)3)15-11(4)12-6-8-13(9-7-12)16(17)18/h1,6-11,14-15H,2-4H3. The van der Waals surface area contributed by atoms with Gasteiger partial charge in [-0.25, -0.2) is 0 Å². The zero-order valence-electron chi connectivity index (χ0n) is 10.9. The zero-order valence-corrected chi connectivity index (χ0v) is 10.9. The Balaban J connectivity index is 2.76. The summed E-state index contributed by atoms with van der Waals surface area (Å²) >= 11 is 0. The number of rotatable bonds is 5. The average Bonchev–Trinajstić information content (AvgIpc) is 2.35. The van der Waals surface area contributed by atoms with Crippen LogP contribution in [0.25, 0.3) is 0 Å². The lowest BCUT2D eigenvalue weighted by atomic mass is 10.0. The lowest BCUT2D eigenvalue weighted by Gasteiger charge is -2.22. The Bertz CT molecular complexity index is 446. The molecule has 0 aliphatic carbocycles.